The summed E-state index contributed by atoms with van der Waals surface area (Å²) in [6, 6.07) is 6.06. The zero-order valence-corrected chi connectivity index (χ0v) is 14.7. The molecule has 0 radical (unpaired) electrons. The van der Waals surface area contributed by atoms with Gasteiger partial charge < -0.3 is 5.32 Å². The Balaban J connectivity index is 1.62. The van der Waals surface area contributed by atoms with Gasteiger partial charge in [-0.2, -0.15) is 4.31 Å². The molecule has 25 heavy (non-hydrogen) atoms. The average molecular weight is 386 g/mol. The summed E-state index contributed by atoms with van der Waals surface area (Å²) in [6.45, 7) is 0.425. The number of piperidine rings is 1. The number of anilines is 1. The third-order valence-electron chi connectivity index (χ3n) is 4.10. The fourth-order valence-electron chi connectivity index (χ4n) is 2.72. The van der Waals surface area contributed by atoms with Gasteiger partial charge in [0.1, 0.15) is 15.8 Å². The molecule has 1 fully saturated rings. The maximum absolute atomic E-state index is 13.6. The summed E-state index contributed by atoms with van der Waals surface area (Å²) in [5, 5.41) is 4.08. The Morgan fingerprint density at radius 2 is 1.92 bits per heavy atom. The van der Waals surface area contributed by atoms with Crippen LogP contribution in [-0.2, 0) is 14.8 Å². The van der Waals surface area contributed by atoms with E-state index in [0.717, 1.165) is 29.5 Å². The van der Waals surface area contributed by atoms with Crippen molar-refractivity contribution in [1.29, 1.82) is 0 Å². The van der Waals surface area contributed by atoms with Crippen LogP contribution >= 0.6 is 11.3 Å². The molecule has 0 aliphatic carbocycles. The van der Waals surface area contributed by atoms with Gasteiger partial charge in [0.05, 0.1) is 5.69 Å². The predicted molar refractivity (Wildman–Crippen MR) is 90.8 cm³/mol. The van der Waals surface area contributed by atoms with E-state index in [2.05, 4.69) is 5.32 Å². The number of nitrogens with zero attached hydrogens (tertiary/aromatic N) is 1. The smallest absolute Gasteiger partial charge is 0.252 e. The predicted octanol–water partition coefficient (Wildman–Crippen LogP) is 3.07. The van der Waals surface area contributed by atoms with Gasteiger partial charge in [-0.1, -0.05) is 6.07 Å². The molecule has 0 bridgehead atoms. The highest BCUT2D eigenvalue weighted by atomic mass is 32.2. The van der Waals surface area contributed by atoms with E-state index in [0.29, 0.717) is 12.8 Å². The maximum atomic E-state index is 13.6. The van der Waals surface area contributed by atoms with E-state index >= 15 is 0 Å². The van der Waals surface area contributed by atoms with Crippen LogP contribution in [0.15, 0.2) is 39.9 Å². The fraction of sp³-hybridized carbons (Fsp3) is 0.312. The minimum absolute atomic E-state index is 0.210. The first-order valence-electron chi connectivity index (χ1n) is 7.67. The van der Waals surface area contributed by atoms with Gasteiger partial charge in [-0.25, -0.2) is 17.2 Å². The molecule has 9 heteroatoms. The Morgan fingerprint density at radius 1 is 1.20 bits per heavy atom. The molecular weight excluding hydrogens is 370 g/mol. The zero-order chi connectivity index (χ0) is 18.0. The summed E-state index contributed by atoms with van der Waals surface area (Å²) in [6.07, 6.45) is 0.654. The largest absolute Gasteiger partial charge is 0.323 e. The van der Waals surface area contributed by atoms with Crippen molar-refractivity contribution in [2.75, 3.05) is 18.4 Å². The summed E-state index contributed by atoms with van der Waals surface area (Å²) < 4.78 is 53.3. The van der Waals surface area contributed by atoms with E-state index in [1.165, 1.54) is 4.31 Å². The molecule has 1 N–H and O–H groups in total. The molecule has 2 heterocycles. The topological polar surface area (TPSA) is 66.5 Å². The standard InChI is InChI=1S/C16H16F2N2O3S2/c17-12-3-4-13(18)14(10-12)19-16(21)11-5-7-20(8-6-11)25(22,23)15-2-1-9-24-15/h1-4,9-11H,5-8H2,(H,19,21). The van der Waals surface area contributed by atoms with Crippen LogP contribution < -0.4 is 5.32 Å². The number of halogens is 2. The molecule has 2 aromatic rings. The van der Waals surface area contributed by atoms with Gasteiger partial charge in [0, 0.05) is 25.1 Å². The second-order valence-electron chi connectivity index (χ2n) is 5.72. The van der Waals surface area contributed by atoms with Crippen LogP contribution in [0.25, 0.3) is 0 Å². The number of sulfonamides is 1. The van der Waals surface area contributed by atoms with Crippen molar-refractivity contribution >= 4 is 33.0 Å². The van der Waals surface area contributed by atoms with Crippen molar-refractivity contribution in [2.45, 2.75) is 17.1 Å². The molecule has 0 spiro atoms. The molecule has 5 nitrogen and oxygen atoms in total. The Hall–Kier alpha value is -1.84. The molecule has 1 saturated heterocycles. The molecule has 1 amide bonds. The number of carbonyl (C=O) groups is 1. The maximum Gasteiger partial charge on any atom is 0.252 e. The summed E-state index contributed by atoms with van der Waals surface area (Å²) in [5.74, 6) is -2.24. The zero-order valence-electron chi connectivity index (χ0n) is 13.1. The minimum atomic E-state index is -3.53. The first-order chi connectivity index (χ1) is 11.9. The second kappa shape index (κ2) is 7.19. The number of nitrogens with one attached hydrogen (secondary N) is 1. The molecule has 1 aromatic heterocycles. The summed E-state index contributed by atoms with van der Waals surface area (Å²) in [4.78, 5) is 12.2. The van der Waals surface area contributed by atoms with E-state index in [-0.39, 0.29) is 23.0 Å². The first-order valence-corrected chi connectivity index (χ1v) is 9.99. The number of benzene rings is 1. The van der Waals surface area contributed by atoms with E-state index in [9.17, 15) is 22.0 Å². The highest BCUT2D eigenvalue weighted by Gasteiger charge is 2.32. The third kappa shape index (κ3) is 3.88. The van der Waals surface area contributed by atoms with E-state index in [1.54, 1.807) is 17.5 Å². The monoisotopic (exact) mass is 386 g/mol. The lowest BCUT2D eigenvalue weighted by Gasteiger charge is -2.30. The average Bonchev–Trinajstić information content (AvgIpc) is 3.13. The summed E-state index contributed by atoms with van der Waals surface area (Å²) >= 11 is 1.15. The van der Waals surface area contributed by atoms with Crippen molar-refractivity contribution in [3.63, 3.8) is 0 Å². The van der Waals surface area contributed by atoms with Gasteiger partial charge in [0.25, 0.3) is 10.0 Å². The number of thiophene rings is 1. The number of rotatable bonds is 4. The van der Waals surface area contributed by atoms with Crippen molar-refractivity contribution in [3.05, 3.63) is 47.3 Å². The highest BCUT2D eigenvalue weighted by molar-refractivity contribution is 7.91. The SMILES string of the molecule is O=C(Nc1cc(F)ccc1F)C1CCN(S(=O)(=O)c2cccs2)CC1. The van der Waals surface area contributed by atoms with Gasteiger partial charge in [0.15, 0.2) is 0 Å². The van der Waals surface area contributed by atoms with Crippen LogP contribution in [-0.4, -0.2) is 31.7 Å². The number of carbonyl (C=O) groups excluding carboxylic acids is 1. The van der Waals surface area contributed by atoms with Crippen molar-refractivity contribution < 1.29 is 22.0 Å². The molecule has 0 saturated carbocycles. The molecule has 3 rings (SSSR count). The number of amides is 1. The lowest BCUT2D eigenvalue weighted by molar-refractivity contribution is -0.120. The lowest BCUT2D eigenvalue weighted by atomic mass is 9.97. The van der Waals surface area contributed by atoms with Gasteiger partial charge in [-0.15, -0.1) is 11.3 Å². The molecule has 1 aromatic carbocycles. The van der Waals surface area contributed by atoms with Crippen LogP contribution in [0.5, 0.6) is 0 Å². The van der Waals surface area contributed by atoms with Gasteiger partial charge >= 0.3 is 0 Å². The van der Waals surface area contributed by atoms with Gasteiger partial charge in [-0.05, 0) is 36.4 Å². The molecule has 134 valence electrons. The van der Waals surface area contributed by atoms with Crippen LogP contribution in [0.1, 0.15) is 12.8 Å². The van der Waals surface area contributed by atoms with Crippen LogP contribution in [0, 0.1) is 17.6 Å². The molecule has 1 aliphatic heterocycles. The third-order valence-corrected chi connectivity index (χ3v) is 7.37. The molecular formula is C16H16F2N2O3S2. The van der Waals surface area contributed by atoms with E-state index < -0.39 is 33.5 Å². The van der Waals surface area contributed by atoms with Gasteiger partial charge in [-0.3, -0.25) is 4.79 Å². The second-order valence-corrected chi connectivity index (χ2v) is 8.84. The van der Waals surface area contributed by atoms with Crippen molar-refractivity contribution in [2.24, 2.45) is 5.92 Å². The Bertz CT molecular complexity index is 862. The van der Waals surface area contributed by atoms with E-state index in [1.807, 2.05) is 0 Å². The summed E-state index contributed by atoms with van der Waals surface area (Å²) in [7, 11) is -3.53. The summed E-state index contributed by atoms with van der Waals surface area (Å²) in [5.41, 5.74) is -0.210. The normalized spacial score (nSPS) is 16.7. The first kappa shape index (κ1) is 18.0. The van der Waals surface area contributed by atoms with E-state index in [4.69, 9.17) is 0 Å². The van der Waals surface area contributed by atoms with Gasteiger partial charge in [0.2, 0.25) is 5.91 Å². The van der Waals surface area contributed by atoms with Crippen molar-refractivity contribution in [3.8, 4) is 0 Å². The Morgan fingerprint density at radius 3 is 2.56 bits per heavy atom. The highest BCUT2D eigenvalue weighted by Crippen LogP contribution is 2.27. The Labute approximate surface area is 148 Å². The number of hydrogen-bond acceptors (Lipinski definition) is 4. The van der Waals surface area contributed by atoms with Crippen LogP contribution in [0.3, 0.4) is 0 Å². The van der Waals surface area contributed by atoms with Crippen molar-refractivity contribution in [1.82, 2.24) is 4.31 Å². The molecule has 0 atom stereocenters. The molecule has 0 unspecified atom stereocenters. The van der Waals surface area contributed by atoms with Crippen LogP contribution in [0.4, 0.5) is 14.5 Å². The Kier molecular flexibility index (Phi) is 5.16. The quantitative estimate of drug-likeness (QED) is 0.878. The van der Waals surface area contributed by atoms with Crippen LogP contribution in [0.2, 0.25) is 0 Å². The minimum Gasteiger partial charge on any atom is -0.323 e. The number of hydrogen-bond donors (Lipinski definition) is 1. The molecule has 1 aliphatic rings. The fourth-order valence-corrected chi connectivity index (χ4v) is 5.34. The lowest BCUT2D eigenvalue weighted by Crippen LogP contribution is -2.41.